The molecule has 0 aliphatic heterocycles. The van der Waals surface area contributed by atoms with Crippen LogP contribution in [0.5, 0.6) is 0 Å². The minimum absolute atomic E-state index is 0.298. The fourth-order valence-corrected chi connectivity index (χ4v) is 1.55. The Balaban J connectivity index is 4.77. The monoisotopic (exact) mass is 249 g/mol. The molecule has 86 valence electrons. The van der Waals surface area contributed by atoms with E-state index in [1.54, 1.807) is 0 Å². The standard InChI is InChI=1S/C11H17ClFNS/c1-7(2)9(4)11(14)10(12)8(3)5-6-15-13/h14H,5-6H2,1-4H3/b10-8-,14-11?. The van der Waals surface area contributed by atoms with Gasteiger partial charge in [0.25, 0.3) is 0 Å². The molecule has 0 rings (SSSR count). The third kappa shape index (κ3) is 4.85. The van der Waals surface area contributed by atoms with Crippen molar-refractivity contribution >= 4 is 29.5 Å². The lowest BCUT2D eigenvalue weighted by molar-refractivity contribution is 0.925. The van der Waals surface area contributed by atoms with Gasteiger partial charge in [0.2, 0.25) is 0 Å². The van der Waals surface area contributed by atoms with Crippen LogP contribution >= 0.6 is 23.7 Å². The summed E-state index contributed by atoms with van der Waals surface area (Å²) in [4.78, 5) is 0. The van der Waals surface area contributed by atoms with Gasteiger partial charge in [-0.2, -0.15) is 3.89 Å². The Hall–Kier alpha value is -0.280. The highest BCUT2D eigenvalue weighted by Gasteiger charge is 2.09. The summed E-state index contributed by atoms with van der Waals surface area (Å²) in [6.07, 6.45) is 0.582. The highest BCUT2D eigenvalue weighted by molar-refractivity contribution is 7.94. The fourth-order valence-electron chi connectivity index (χ4n) is 0.929. The second-order valence-electron chi connectivity index (χ2n) is 3.66. The highest BCUT2D eigenvalue weighted by Crippen LogP contribution is 2.21. The van der Waals surface area contributed by atoms with Gasteiger partial charge in [0.1, 0.15) is 0 Å². The van der Waals surface area contributed by atoms with E-state index in [2.05, 4.69) is 0 Å². The summed E-state index contributed by atoms with van der Waals surface area (Å²) in [5.74, 6) is 0.392. The first-order valence-electron chi connectivity index (χ1n) is 4.74. The molecule has 0 aromatic heterocycles. The topological polar surface area (TPSA) is 23.9 Å². The van der Waals surface area contributed by atoms with Crippen LogP contribution in [0.2, 0.25) is 0 Å². The second-order valence-corrected chi connectivity index (χ2v) is 4.66. The first-order valence-corrected chi connectivity index (χ1v) is 6.00. The van der Waals surface area contributed by atoms with Gasteiger partial charge in [0, 0.05) is 17.9 Å². The van der Waals surface area contributed by atoms with E-state index in [0.29, 0.717) is 35.1 Å². The van der Waals surface area contributed by atoms with Gasteiger partial charge in [-0.1, -0.05) is 22.7 Å². The summed E-state index contributed by atoms with van der Waals surface area (Å²) < 4.78 is 11.9. The summed E-state index contributed by atoms with van der Waals surface area (Å²) in [6.45, 7) is 7.60. The fraction of sp³-hybridized carbons (Fsp3) is 0.545. The molecule has 0 amide bonds. The summed E-state index contributed by atoms with van der Waals surface area (Å²) in [6, 6.07) is 0. The van der Waals surface area contributed by atoms with E-state index in [9.17, 15) is 3.89 Å². The van der Waals surface area contributed by atoms with Gasteiger partial charge in [-0.15, -0.1) is 0 Å². The molecule has 0 bridgehead atoms. The van der Waals surface area contributed by atoms with Gasteiger partial charge in [0.15, 0.2) is 0 Å². The molecule has 0 atom stereocenters. The quantitative estimate of drug-likeness (QED) is 0.690. The maximum atomic E-state index is 11.9. The van der Waals surface area contributed by atoms with E-state index in [-0.39, 0.29) is 0 Å². The Labute approximate surface area is 101 Å². The molecule has 0 unspecified atom stereocenters. The highest BCUT2D eigenvalue weighted by atomic mass is 35.5. The predicted molar refractivity (Wildman–Crippen MR) is 68.5 cm³/mol. The third-order valence-electron chi connectivity index (χ3n) is 2.27. The summed E-state index contributed by atoms with van der Waals surface area (Å²) in [7, 11) is 0. The van der Waals surface area contributed by atoms with Crippen molar-refractivity contribution in [2.75, 3.05) is 5.75 Å². The first kappa shape index (κ1) is 14.7. The third-order valence-corrected chi connectivity index (χ3v) is 3.14. The van der Waals surface area contributed by atoms with Crippen LogP contribution in [-0.4, -0.2) is 11.5 Å². The molecular formula is C11H17ClFNS. The number of nitrogens with one attached hydrogen (secondary N) is 1. The Morgan fingerprint density at radius 1 is 1.27 bits per heavy atom. The van der Waals surface area contributed by atoms with E-state index < -0.39 is 0 Å². The zero-order valence-electron chi connectivity index (χ0n) is 9.58. The van der Waals surface area contributed by atoms with E-state index in [1.165, 1.54) is 0 Å². The average molecular weight is 250 g/mol. The van der Waals surface area contributed by atoms with E-state index in [4.69, 9.17) is 17.0 Å². The van der Waals surface area contributed by atoms with Crippen molar-refractivity contribution < 1.29 is 3.89 Å². The first-order chi connectivity index (χ1) is 6.91. The van der Waals surface area contributed by atoms with Crippen LogP contribution in [0.15, 0.2) is 21.8 Å². The molecule has 15 heavy (non-hydrogen) atoms. The molecule has 0 saturated heterocycles. The molecule has 0 aromatic carbocycles. The van der Waals surface area contributed by atoms with Gasteiger partial charge < -0.3 is 0 Å². The van der Waals surface area contributed by atoms with E-state index in [0.717, 1.165) is 16.7 Å². The molecule has 0 aliphatic rings. The summed E-state index contributed by atoms with van der Waals surface area (Å²) in [5, 5.41) is 8.30. The molecule has 0 spiro atoms. The van der Waals surface area contributed by atoms with Crippen LogP contribution in [0.3, 0.4) is 0 Å². The lowest BCUT2D eigenvalue weighted by Crippen LogP contribution is -2.02. The smallest absolute Gasteiger partial charge is 0.0754 e. The maximum Gasteiger partial charge on any atom is 0.0754 e. The van der Waals surface area contributed by atoms with Crippen LogP contribution in [0.4, 0.5) is 3.89 Å². The predicted octanol–water partition coefficient (Wildman–Crippen LogP) is 4.88. The van der Waals surface area contributed by atoms with Gasteiger partial charge >= 0.3 is 0 Å². The number of rotatable bonds is 5. The molecule has 0 saturated carbocycles. The van der Waals surface area contributed by atoms with E-state index >= 15 is 0 Å². The van der Waals surface area contributed by atoms with Gasteiger partial charge in [-0.05, 0) is 39.7 Å². The zero-order chi connectivity index (χ0) is 12.0. The van der Waals surface area contributed by atoms with Crippen LogP contribution < -0.4 is 0 Å². The van der Waals surface area contributed by atoms with Crippen LogP contribution in [0, 0.1) is 5.41 Å². The zero-order valence-corrected chi connectivity index (χ0v) is 11.2. The Morgan fingerprint density at radius 2 is 1.80 bits per heavy atom. The number of hydrogen-bond acceptors (Lipinski definition) is 2. The molecule has 0 radical (unpaired) electrons. The van der Waals surface area contributed by atoms with Crippen molar-refractivity contribution in [2.45, 2.75) is 34.1 Å². The van der Waals surface area contributed by atoms with Crippen LogP contribution in [0.25, 0.3) is 0 Å². The molecule has 0 fully saturated rings. The Kier molecular flexibility index (Phi) is 6.94. The Bertz CT molecular complexity index is 304. The largest absolute Gasteiger partial charge is 0.299 e. The second kappa shape index (κ2) is 7.07. The molecular weight excluding hydrogens is 233 g/mol. The minimum Gasteiger partial charge on any atom is -0.299 e. The molecule has 1 nitrogen and oxygen atoms in total. The lowest BCUT2D eigenvalue weighted by Gasteiger charge is -2.08. The molecule has 0 aliphatic carbocycles. The summed E-state index contributed by atoms with van der Waals surface area (Å²) in [5.41, 5.74) is 3.17. The van der Waals surface area contributed by atoms with Crippen molar-refractivity contribution in [2.24, 2.45) is 0 Å². The van der Waals surface area contributed by atoms with Gasteiger partial charge in [-0.3, -0.25) is 5.41 Å². The summed E-state index contributed by atoms with van der Waals surface area (Å²) >= 11 is 6.34. The van der Waals surface area contributed by atoms with Crippen molar-refractivity contribution in [3.8, 4) is 0 Å². The Morgan fingerprint density at radius 3 is 2.20 bits per heavy atom. The minimum atomic E-state index is 0.298. The number of allylic oxidation sites excluding steroid dienone is 4. The van der Waals surface area contributed by atoms with Crippen molar-refractivity contribution in [3.05, 3.63) is 21.8 Å². The normalized spacial score (nSPS) is 12.1. The van der Waals surface area contributed by atoms with Crippen LogP contribution in [0.1, 0.15) is 34.1 Å². The molecule has 0 aromatic rings. The van der Waals surface area contributed by atoms with Crippen molar-refractivity contribution in [3.63, 3.8) is 0 Å². The van der Waals surface area contributed by atoms with Crippen molar-refractivity contribution in [1.82, 2.24) is 0 Å². The molecule has 1 N–H and O–H groups in total. The number of hydrogen-bond donors (Lipinski definition) is 1. The SMILES string of the molecule is CC(C)=C(C)C(=N)/C(Cl)=C(\C)CCSF. The maximum absolute atomic E-state index is 11.9. The number of halogens is 2. The molecule has 0 heterocycles. The van der Waals surface area contributed by atoms with Crippen molar-refractivity contribution in [1.29, 1.82) is 5.41 Å². The van der Waals surface area contributed by atoms with Gasteiger partial charge in [-0.25, -0.2) is 0 Å². The van der Waals surface area contributed by atoms with Gasteiger partial charge in [0.05, 0.1) is 10.7 Å². The molecule has 4 heteroatoms. The average Bonchev–Trinajstić information content (AvgIpc) is 2.22. The van der Waals surface area contributed by atoms with Crippen LogP contribution in [-0.2, 0) is 0 Å². The van der Waals surface area contributed by atoms with E-state index in [1.807, 2.05) is 27.7 Å². The lowest BCUT2D eigenvalue weighted by atomic mass is 10.0.